The molecule has 10 nitrogen and oxygen atoms in total. The van der Waals surface area contributed by atoms with E-state index in [0.29, 0.717) is 29.2 Å². The van der Waals surface area contributed by atoms with Crippen molar-refractivity contribution >= 4 is 17.7 Å². The van der Waals surface area contributed by atoms with E-state index in [-0.39, 0.29) is 61.2 Å². The van der Waals surface area contributed by atoms with Gasteiger partial charge in [-0.15, -0.1) is 0 Å². The molecule has 2 fully saturated rings. The van der Waals surface area contributed by atoms with E-state index in [1.54, 1.807) is 18.9 Å². The standard InChI is InChI=1S/C32H37N3O7S/c1-14-7-18-8-19-20(9-33)35-21-10-39-32(37)15(2)11-43-31(24-23(21)30-29(41-13-42-30)17(4)27(24)36)26(35)25(34(19)5)22(18)28(16(14)3)40-12-38-6/h7,15,19-21,25-26,31,36H,8,10-13H2,1-6H3/t15-,19+,20+,21+,25-,26?,31-/m1/s1. The van der Waals surface area contributed by atoms with Crippen molar-refractivity contribution in [1.82, 2.24) is 9.80 Å². The first-order valence-electron chi connectivity index (χ1n) is 14.8. The maximum absolute atomic E-state index is 13.1. The van der Waals surface area contributed by atoms with Crippen LogP contribution in [0.4, 0.5) is 0 Å². The van der Waals surface area contributed by atoms with E-state index in [4.69, 9.17) is 23.7 Å². The van der Waals surface area contributed by atoms with Crippen LogP contribution in [0.2, 0.25) is 0 Å². The first-order valence-corrected chi connectivity index (χ1v) is 15.8. The summed E-state index contributed by atoms with van der Waals surface area (Å²) >= 11 is 1.63. The highest BCUT2D eigenvalue weighted by Gasteiger charge is 2.60. The maximum Gasteiger partial charge on any atom is 0.309 e. The molecule has 0 spiro atoms. The molecule has 7 atom stereocenters. The van der Waals surface area contributed by atoms with Crippen molar-refractivity contribution in [2.24, 2.45) is 5.92 Å². The number of nitriles is 1. The number of cyclic esters (lactones) is 1. The summed E-state index contributed by atoms with van der Waals surface area (Å²) in [6.45, 7) is 8.09. The van der Waals surface area contributed by atoms with Gasteiger partial charge in [0.05, 0.1) is 29.3 Å². The Hall–Kier alpha value is -3.17. The number of likely N-dealkylation sites (N-methyl/N-ethyl adjacent to an activating group) is 1. The zero-order chi connectivity index (χ0) is 30.3. The van der Waals surface area contributed by atoms with Crippen LogP contribution in [0.1, 0.15) is 63.2 Å². The average molecular weight is 608 g/mol. The molecule has 0 amide bonds. The van der Waals surface area contributed by atoms with E-state index in [0.717, 1.165) is 33.6 Å². The van der Waals surface area contributed by atoms with Crippen molar-refractivity contribution < 1.29 is 33.6 Å². The summed E-state index contributed by atoms with van der Waals surface area (Å²) in [6, 6.07) is 3.32. The number of aryl methyl sites for hydroxylation is 1. The number of phenols is 1. The van der Waals surface area contributed by atoms with Crippen molar-refractivity contribution in [2.75, 3.05) is 40.1 Å². The Bertz CT molecular complexity index is 1560. The van der Waals surface area contributed by atoms with Crippen molar-refractivity contribution in [1.29, 1.82) is 5.26 Å². The average Bonchev–Trinajstić information content (AvgIpc) is 3.48. The van der Waals surface area contributed by atoms with Gasteiger partial charge in [-0.05, 0) is 50.9 Å². The molecule has 2 saturated heterocycles. The van der Waals surface area contributed by atoms with Crippen LogP contribution in [0.25, 0.3) is 0 Å². The molecule has 5 aliphatic heterocycles. The van der Waals surface area contributed by atoms with E-state index in [1.807, 2.05) is 13.8 Å². The minimum atomic E-state index is -0.521. The summed E-state index contributed by atoms with van der Waals surface area (Å²) in [6.07, 6.45) is 0.666. The Kier molecular flexibility index (Phi) is 6.97. The number of esters is 1. The summed E-state index contributed by atoms with van der Waals surface area (Å²) in [5.74, 6) is 1.96. The second-order valence-corrected chi connectivity index (χ2v) is 13.5. The normalized spacial score (nSPS) is 31.0. The quantitative estimate of drug-likeness (QED) is 0.400. The van der Waals surface area contributed by atoms with Crippen LogP contribution in [-0.4, -0.2) is 79.1 Å². The van der Waals surface area contributed by atoms with Gasteiger partial charge >= 0.3 is 5.97 Å². The highest BCUT2D eigenvalue weighted by Crippen LogP contribution is 2.63. The van der Waals surface area contributed by atoms with Gasteiger partial charge in [-0.3, -0.25) is 14.6 Å². The molecular formula is C32H37N3O7S. The lowest BCUT2D eigenvalue weighted by molar-refractivity contribution is -0.153. The molecule has 228 valence electrons. The fourth-order valence-electron chi connectivity index (χ4n) is 7.95. The summed E-state index contributed by atoms with van der Waals surface area (Å²) < 4.78 is 29.6. The molecular weight excluding hydrogens is 570 g/mol. The third-order valence-electron chi connectivity index (χ3n) is 10.1. The van der Waals surface area contributed by atoms with Gasteiger partial charge in [0, 0.05) is 47.2 Å². The molecule has 5 aliphatic rings. The smallest absolute Gasteiger partial charge is 0.309 e. The Morgan fingerprint density at radius 2 is 1.91 bits per heavy atom. The summed E-state index contributed by atoms with van der Waals surface area (Å²) in [7, 11) is 3.71. The van der Waals surface area contributed by atoms with Crippen molar-refractivity contribution in [3.63, 3.8) is 0 Å². The van der Waals surface area contributed by atoms with Gasteiger partial charge in [0.1, 0.15) is 24.1 Å². The molecule has 0 saturated carbocycles. The number of carbonyl (C=O) groups excluding carboxylic acids is 1. The number of thioether (sulfide) groups is 1. The van der Waals surface area contributed by atoms with Gasteiger partial charge in [-0.25, -0.2) is 0 Å². The Balaban J connectivity index is 1.53. The molecule has 2 aromatic rings. The number of fused-ring (bicyclic) bond motifs is 9. The molecule has 0 radical (unpaired) electrons. The van der Waals surface area contributed by atoms with Crippen molar-refractivity contribution in [2.45, 2.75) is 69.6 Å². The first kappa shape index (κ1) is 28.6. The number of aromatic hydroxyl groups is 1. The summed E-state index contributed by atoms with van der Waals surface area (Å²) in [4.78, 5) is 17.6. The molecule has 1 unspecified atom stereocenters. The fraction of sp³-hybridized carbons (Fsp3) is 0.562. The maximum atomic E-state index is 13.1. The van der Waals surface area contributed by atoms with Crippen LogP contribution in [-0.2, 0) is 20.7 Å². The highest BCUT2D eigenvalue weighted by molar-refractivity contribution is 7.99. The lowest BCUT2D eigenvalue weighted by Crippen LogP contribution is -2.69. The first-order chi connectivity index (χ1) is 20.7. The van der Waals surface area contributed by atoms with Crippen LogP contribution >= 0.6 is 11.8 Å². The van der Waals surface area contributed by atoms with Gasteiger partial charge in [-0.1, -0.05) is 13.0 Å². The van der Waals surface area contributed by atoms with E-state index < -0.39 is 12.1 Å². The summed E-state index contributed by atoms with van der Waals surface area (Å²) in [5, 5.41) is 22.4. The third kappa shape index (κ3) is 3.99. The Morgan fingerprint density at radius 3 is 2.65 bits per heavy atom. The van der Waals surface area contributed by atoms with E-state index >= 15 is 0 Å². The molecule has 4 bridgehead atoms. The molecule has 11 heteroatoms. The fourth-order valence-corrected chi connectivity index (χ4v) is 9.47. The number of phenolic OH excluding ortho intramolecular Hbond substituents is 1. The highest BCUT2D eigenvalue weighted by atomic mass is 32.2. The van der Waals surface area contributed by atoms with E-state index in [1.165, 1.54) is 5.56 Å². The minimum Gasteiger partial charge on any atom is -0.507 e. The summed E-state index contributed by atoms with van der Waals surface area (Å²) in [5.41, 5.74) is 6.62. The molecule has 1 N–H and O–H groups in total. The van der Waals surface area contributed by atoms with Crippen LogP contribution in [0.5, 0.6) is 23.0 Å². The molecule has 0 aliphatic carbocycles. The number of methoxy groups -OCH3 is 1. The third-order valence-corrected chi connectivity index (χ3v) is 11.7. The van der Waals surface area contributed by atoms with Gasteiger partial charge in [0.2, 0.25) is 6.79 Å². The van der Waals surface area contributed by atoms with E-state index in [2.05, 4.69) is 42.8 Å². The number of benzene rings is 2. The lowest BCUT2D eigenvalue weighted by atomic mass is 9.71. The SMILES string of the molecule is COCOc1c(C)c(C)cc2c1[C@@H]1C3[C@@H]4SC[C@@H](C)C(=O)OC[C@@H](c5c6c(c(C)c(O)c54)OCO6)N3[C@@H](C#N)[C@H](C2)N1C. The van der Waals surface area contributed by atoms with Crippen molar-refractivity contribution in [3.05, 3.63) is 45.0 Å². The lowest BCUT2D eigenvalue weighted by Gasteiger charge is -2.61. The van der Waals surface area contributed by atoms with Gasteiger partial charge in [0.15, 0.2) is 18.3 Å². The zero-order valence-electron chi connectivity index (χ0n) is 25.3. The van der Waals surface area contributed by atoms with Crippen LogP contribution in [0.15, 0.2) is 6.07 Å². The monoisotopic (exact) mass is 607 g/mol. The van der Waals surface area contributed by atoms with Crippen molar-refractivity contribution in [3.8, 4) is 29.1 Å². The number of piperazine rings is 1. The molecule has 2 aromatic carbocycles. The number of hydrogen-bond donors (Lipinski definition) is 1. The molecule has 5 heterocycles. The van der Waals surface area contributed by atoms with Crippen LogP contribution in [0.3, 0.4) is 0 Å². The molecule has 43 heavy (non-hydrogen) atoms. The molecule has 0 aromatic heterocycles. The predicted molar refractivity (Wildman–Crippen MR) is 158 cm³/mol. The Morgan fingerprint density at radius 1 is 1.14 bits per heavy atom. The molecule has 7 rings (SSSR count). The topological polar surface area (TPSA) is 114 Å². The van der Waals surface area contributed by atoms with Gasteiger partial charge in [-0.2, -0.15) is 17.0 Å². The number of ether oxygens (including phenoxy) is 5. The number of carbonyl (C=O) groups is 1. The van der Waals surface area contributed by atoms with Gasteiger partial charge in [0.25, 0.3) is 0 Å². The van der Waals surface area contributed by atoms with Gasteiger partial charge < -0.3 is 28.8 Å². The minimum absolute atomic E-state index is 0.0382. The number of nitrogens with zero attached hydrogens (tertiary/aromatic N) is 3. The number of hydrogen-bond acceptors (Lipinski definition) is 11. The number of rotatable bonds is 3. The second-order valence-electron chi connectivity index (χ2n) is 12.3. The van der Waals surface area contributed by atoms with Crippen LogP contribution < -0.4 is 14.2 Å². The predicted octanol–water partition coefficient (Wildman–Crippen LogP) is 4.22. The second kappa shape index (κ2) is 10.5. The van der Waals surface area contributed by atoms with Crippen LogP contribution in [0, 0.1) is 38.0 Å². The Labute approximate surface area is 255 Å². The zero-order valence-corrected chi connectivity index (χ0v) is 26.1. The van der Waals surface area contributed by atoms with E-state index in [9.17, 15) is 15.2 Å². The largest absolute Gasteiger partial charge is 0.507 e.